The minimum atomic E-state index is -0.402. The molecule has 2 amide bonds. The van der Waals surface area contributed by atoms with Crippen molar-refractivity contribution in [3.05, 3.63) is 75.2 Å². The number of ketones is 1. The van der Waals surface area contributed by atoms with E-state index in [0.717, 1.165) is 24.6 Å². The predicted molar refractivity (Wildman–Crippen MR) is 121 cm³/mol. The SMILES string of the molecule is CC1(C)CCC(C)(C)c2cc(C(=O)c3cccc(/C=C4\SC(=O)NC4=O)c3)ccc21. The minimum Gasteiger partial charge on any atom is -0.289 e. The molecule has 0 unspecified atom stereocenters. The molecule has 154 valence electrons. The number of amides is 2. The maximum atomic E-state index is 13.3. The van der Waals surface area contributed by atoms with Gasteiger partial charge in [-0.15, -0.1) is 0 Å². The molecule has 0 atom stereocenters. The predicted octanol–water partition coefficient (Wildman–Crippen LogP) is 5.59. The zero-order valence-electron chi connectivity index (χ0n) is 17.7. The van der Waals surface area contributed by atoms with Crippen LogP contribution < -0.4 is 5.32 Å². The summed E-state index contributed by atoms with van der Waals surface area (Å²) in [5.74, 6) is -0.446. The highest BCUT2D eigenvalue weighted by atomic mass is 32.2. The van der Waals surface area contributed by atoms with Crippen molar-refractivity contribution in [2.75, 3.05) is 0 Å². The number of nitrogens with one attached hydrogen (secondary N) is 1. The highest BCUT2D eigenvalue weighted by Crippen LogP contribution is 2.46. The van der Waals surface area contributed by atoms with Crippen LogP contribution in [0.5, 0.6) is 0 Å². The first kappa shape index (κ1) is 20.6. The molecular weight excluding hydrogens is 394 g/mol. The molecule has 0 bridgehead atoms. The third-order valence-electron chi connectivity index (χ3n) is 6.20. The Labute approximate surface area is 181 Å². The van der Waals surface area contributed by atoms with Crippen LogP contribution in [0.15, 0.2) is 47.4 Å². The van der Waals surface area contributed by atoms with Crippen LogP contribution >= 0.6 is 11.8 Å². The second-order valence-corrected chi connectivity index (χ2v) is 10.3. The summed E-state index contributed by atoms with van der Waals surface area (Å²) in [7, 11) is 0. The number of fused-ring (bicyclic) bond motifs is 1. The molecule has 2 aliphatic rings. The van der Waals surface area contributed by atoms with Crippen LogP contribution in [0.1, 0.15) is 73.1 Å². The van der Waals surface area contributed by atoms with E-state index >= 15 is 0 Å². The van der Waals surface area contributed by atoms with Gasteiger partial charge in [-0.1, -0.05) is 58.0 Å². The summed E-state index contributed by atoms with van der Waals surface area (Å²) in [6.07, 6.45) is 3.86. The van der Waals surface area contributed by atoms with E-state index in [1.165, 1.54) is 11.1 Å². The minimum absolute atomic E-state index is 0.0347. The summed E-state index contributed by atoms with van der Waals surface area (Å²) in [4.78, 5) is 36.7. The third kappa shape index (κ3) is 3.74. The van der Waals surface area contributed by atoms with Crippen LogP contribution in [0.25, 0.3) is 6.08 Å². The van der Waals surface area contributed by atoms with Gasteiger partial charge in [-0.05, 0) is 70.3 Å². The molecule has 5 heteroatoms. The van der Waals surface area contributed by atoms with Gasteiger partial charge in [-0.25, -0.2) is 0 Å². The van der Waals surface area contributed by atoms with Crippen molar-refractivity contribution in [3.63, 3.8) is 0 Å². The van der Waals surface area contributed by atoms with E-state index in [1.807, 2.05) is 12.1 Å². The molecular formula is C25H25NO3S. The molecule has 1 heterocycles. The van der Waals surface area contributed by atoms with Crippen LogP contribution in [0.2, 0.25) is 0 Å². The second kappa shape index (κ2) is 7.24. The Morgan fingerprint density at radius 1 is 0.933 bits per heavy atom. The van der Waals surface area contributed by atoms with Crippen LogP contribution in [0.4, 0.5) is 4.79 Å². The molecule has 0 saturated carbocycles. The van der Waals surface area contributed by atoms with Crippen molar-refractivity contribution in [2.24, 2.45) is 0 Å². The maximum Gasteiger partial charge on any atom is 0.290 e. The summed E-state index contributed by atoms with van der Waals surface area (Å²) in [5, 5.41) is 1.87. The number of hydrogen-bond donors (Lipinski definition) is 1. The molecule has 30 heavy (non-hydrogen) atoms. The Bertz CT molecular complexity index is 1110. The third-order valence-corrected chi connectivity index (χ3v) is 7.01. The molecule has 0 aromatic heterocycles. The lowest BCUT2D eigenvalue weighted by atomic mass is 9.63. The average molecular weight is 420 g/mol. The standard InChI is InChI=1S/C25H25NO3S/c1-24(2)10-11-25(3,4)19-14-17(8-9-18(19)24)21(27)16-7-5-6-15(12-16)13-20-22(28)26-23(29)30-20/h5-9,12-14H,10-11H2,1-4H3,(H,26,28,29)/b20-13-. The average Bonchev–Trinajstić information content (AvgIpc) is 3.01. The van der Waals surface area contributed by atoms with Gasteiger partial charge in [0.15, 0.2) is 5.78 Å². The summed E-state index contributed by atoms with van der Waals surface area (Å²) in [6, 6.07) is 13.3. The molecule has 4 rings (SSSR count). The Morgan fingerprint density at radius 3 is 2.27 bits per heavy atom. The quantitative estimate of drug-likeness (QED) is 0.520. The van der Waals surface area contributed by atoms with Crippen LogP contribution in [-0.2, 0) is 15.6 Å². The van der Waals surface area contributed by atoms with Gasteiger partial charge in [-0.3, -0.25) is 19.7 Å². The Hall–Kier alpha value is -2.66. The van der Waals surface area contributed by atoms with Crippen LogP contribution in [-0.4, -0.2) is 16.9 Å². The molecule has 1 N–H and O–H groups in total. The number of carbonyl (C=O) groups excluding carboxylic acids is 3. The summed E-state index contributed by atoms with van der Waals surface area (Å²) < 4.78 is 0. The first-order chi connectivity index (χ1) is 14.1. The number of rotatable bonds is 3. The van der Waals surface area contributed by atoms with E-state index < -0.39 is 5.91 Å². The lowest BCUT2D eigenvalue weighted by Gasteiger charge is -2.42. The van der Waals surface area contributed by atoms with Crippen LogP contribution in [0.3, 0.4) is 0 Å². The van der Waals surface area contributed by atoms with Crippen molar-refractivity contribution in [1.82, 2.24) is 5.32 Å². The first-order valence-electron chi connectivity index (χ1n) is 10.1. The van der Waals surface area contributed by atoms with Crippen molar-refractivity contribution in [2.45, 2.75) is 51.4 Å². The molecule has 2 aromatic rings. The molecule has 2 aromatic carbocycles. The molecule has 1 aliphatic carbocycles. The number of imide groups is 1. The van der Waals surface area contributed by atoms with Gasteiger partial charge in [0.2, 0.25) is 0 Å². The lowest BCUT2D eigenvalue weighted by molar-refractivity contribution is -0.115. The van der Waals surface area contributed by atoms with Crippen molar-refractivity contribution >= 4 is 34.8 Å². The van der Waals surface area contributed by atoms with Crippen LogP contribution in [0, 0.1) is 0 Å². The smallest absolute Gasteiger partial charge is 0.289 e. The number of thioether (sulfide) groups is 1. The fraction of sp³-hybridized carbons (Fsp3) is 0.320. The maximum absolute atomic E-state index is 13.3. The van der Waals surface area contributed by atoms with Gasteiger partial charge in [0.1, 0.15) is 0 Å². The van der Waals surface area contributed by atoms with Gasteiger partial charge in [-0.2, -0.15) is 0 Å². The second-order valence-electron chi connectivity index (χ2n) is 9.33. The van der Waals surface area contributed by atoms with Crippen molar-refractivity contribution in [1.29, 1.82) is 0 Å². The van der Waals surface area contributed by atoms with E-state index in [1.54, 1.807) is 24.3 Å². The van der Waals surface area contributed by atoms with Gasteiger partial charge < -0.3 is 0 Å². The van der Waals surface area contributed by atoms with E-state index in [2.05, 4.69) is 45.1 Å². The Balaban J connectivity index is 1.69. The zero-order chi connectivity index (χ0) is 21.7. The molecule has 0 radical (unpaired) electrons. The highest BCUT2D eigenvalue weighted by molar-refractivity contribution is 8.18. The molecule has 0 spiro atoms. The van der Waals surface area contributed by atoms with E-state index in [0.29, 0.717) is 21.6 Å². The number of hydrogen-bond acceptors (Lipinski definition) is 4. The molecule has 4 nitrogen and oxygen atoms in total. The molecule has 1 saturated heterocycles. The highest BCUT2D eigenvalue weighted by Gasteiger charge is 2.37. The zero-order valence-corrected chi connectivity index (χ0v) is 18.5. The number of carbonyl (C=O) groups is 3. The van der Waals surface area contributed by atoms with E-state index in [9.17, 15) is 14.4 Å². The van der Waals surface area contributed by atoms with Gasteiger partial charge in [0, 0.05) is 11.1 Å². The van der Waals surface area contributed by atoms with Gasteiger partial charge >= 0.3 is 0 Å². The normalized spacial score (nSPS) is 20.7. The first-order valence-corrected chi connectivity index (χ1v) is 10.9. The topological polar surface area (TPSA) is 63.2 Å². The summed E-state index contributed by atoms with van der Waals surface area (Å²) >= 11 is 0.871. The fourth-order valence-corrected chi connectivity index (χ4v) is 4.92. The summed E-state index contributed by atoms with van der Waals surface area (Å²) in [5.41, 5.74) is 4.66. The van der Waals surface area contributed by atoms with Crippen molar-refractivity contribution < 1.29 is 14.4 Å². The Morgan fingerprint density at radius 2 is 1.60 bits per heavy atom. The van der Waals surface area contributed by atoms with Gasteiger partial charge in [0.05, 0.1) is 4.91 Å². The van der Waals surface area contributed by atoms with Crippen molar-refractivity contribution in [3.8, 4) is 0 Å². The summed E-state index contributed by atoms with van der Waals surface area (Å²) in [6.45, 7) is 9.02. The van der Waals surface area contributed by atoms with Gasteiger partial charge in [0.25, 0.3) is 11.1 Å². The number of benzene rings is 2. The largest absolute Gasteiger partial charge is 0.290 e. The van der Waals surface area contributed by atoms with E-state index in [-0.39, 0.29) is 21.9 Å². The monoisotopic (exact) mass is 419 g/mol. The molecule has 1 aliphatic heterocycles. The van der Waals surface area contributed by atoms with E-state index in [4.69, 9.17) is 0 Å². The lowest BCUT2D eigenvalue weighted by Crippen LogP contribution is -2.34. The molecule has 1 fully saturated rings. The fourth-order valence-electron chi connectivity index (χ4n) is 4.24. The Kier molecular flexibility index (Phi) is 4.97.